The van der Waals surface area contributed by atoms with E-state index < -0.39 is 53.9 Å². The van der Waals surface area contributed by atoms with Crippen molar-refractivity contribution in [2.24, 2.45) is 23.7 Å². The quantitative estimate of drug-likeness (QED) is 0.421. The number of Topliss-reactive ketones (excluding diaryl/α,β-unsaturated/α-hetero) is 1. The molecule has 0 spiro atoms. The maximum Gasteiger partial charge on any atom is 0.316 e. The normalized spacial score (nSPS) is 43.8. The zero-order chi connectivity index (χ0) is 28.2. The number of allylic oxidation sites excluding steroid dienone is 1. The van der Waals surface area contributed by atoms with Gasteiger partial charge in [0.2, 0.25) is 0 Å². The molecule has 0 aliphatic carbocycles. The molecule has 0 bridgehead atoms. The van der Waals surface area contributed by atoms with Crippen LogP contribution in [0.1, 0.15) is 67.7 Å². The molecule has 0 aromatic rings. The molecule has 37 heavy (non-hydrogen) atoms. The number of carbonyl (C=O) groups is 3. The predicted octanol–water partition coefficient (Wildman–Crippen LogP) is 2.51. The van der Waals surface area contributed by atoms with Crippen LogP contribution in [0.3, 0.4) is 0 Å². The van der Waals surface area contributed by atoms with Crippen LogP contribution in [0, 0.1) is 23.7 Å². The van der Waals surface area contributed by atoms with Crippen molar-refractivity contribution in [2.75, 3.05) is 14.1 Å². The van der Waals surface area contributed by atoms with Crippen molar-refractivity contribution >= 4 is 17.5 Å². The largest absolute Gasteiger partial charge is 0.458 e. The Morgan fingerprint density at radius 2 is 1.73 bits per heavy atom. The minimum atomic E-state index is -1.57. The maximum atomic E-state index is 13.5. The molecule has 2 aliphatic heterocycles. The van der Waals surface area contributed by atoms with Gasteiger partial charge in [-0.1, -0.05) is 27.7 Å². The molecule has 2 rings (SSSR count). The lowest BCUT2D eigenvalue weighted by atomic mass is 9.80. The lowest BCUT2D eigenvalue weighted by Gasteiger charge is -2.43. The van der Waals surface area contributed by atoms with Gasteiger partial charge in [-0.2, -0.15) is 0 Å². The van der Waals surface area contributed by atoms with Gasteiger partial charge in [0.05, 0.1) is 12.2 Å². The summed E-state index contributed by atoms with van der Waals surface area (Å²) in [5.74, 6) is -3.83. The van der Waals surface area contributed by atoms with Crippen LogP contribution < -0.4 is 0 Å². The summed E-state index contributed by atoms with van der Waals surface area (Å²) in [7, 11) is 3.77. The molecule has 11 atom stereocenters. The molecule has 212 valence electrons. The summed E-state index contributed by atoms with van der Waals surface area (Å²) in [4.78, 5) is 41.3. The van der Waals surface area contributed by atoms with Crippen LogP contribution in [0.5, 0.6) is 0 Å². The Morgan fingerprint density at radius 3 is 2.30 bits per heavy atom. The number of hydrogen-bond acceptors (Lipinski definition) is 9. The van der Waals surface area contributed by atoms with Crippen LogP contribution in [-0.2, 0) is 28.6 Å². The van der Waals surface area contributed by atoms with Gasteiger partial charge in [-0.15, -0.1) is 0 Å². The summed E-state index contributed by atoms with van der Waals surface area (Å²) in [6, 6.07) is -0.188. The highest BCUT2D eigenvalue weighted by atomic mass is 16.7. The highest BCUT2D eigenvalue weighted by Crippen LogP contribution is 2.32. The second kappa shape index (κ2) is 12.9. The standard InChI is InChI=1S/C28H47NO8/c1-10-22-28(7,34)12-11-21(30)15(2)13-16(3)25(18(5)23(31)19(6)26(33)36-22)37-27-24(32)20(29(8)9)14-17(4)35-27/h11-12,15-20,22,24-25,27,32,34H,10,13-14H2,1-9H3/b12-11+/t15-,16+,17+,18+,19-,20-,22-,24+,25+,27-,28+/m1/s1. The number of aliphatic hydroxyl groups is 2. The number of rotatable bonds is 4. The first-order valence-corrected chi connectivity index (χ1v) is 13.5. The monoisotopic (exact) mass is 525 g/mol. The molecule has 1 fully saturated rings. The molecule has 0 aromatic heterocycles. The fourth-order valence-electron chi connectivity index (χ4n) is 5.42. The molecule has 0 amide bonds. The average Bonchev–Trinajstić information content (AvgIpc) is 2.83. The van der Waals surface area contributed by atoms with E-state index in [1.807, 2.05) is 32.8 Å². The summed E-state index contributed by atoms with van der Waals surface area (Å²) in [6.07, 6.45) is 0.318. The lowest BCUT2D eigenvalue weighted by molar-refractivity contribution is -0.278. The molecule has 9 nitrogen and oxygen atoms in total. The van der Waals surface area contributed by atoms with E-state index in [1.165, 1.54) is 26.0 Å². The van der Waals surface area contributed by atoms with Gasteiger partial charge < -0.3 is 29.3 Å². The fourth-order valence-corrected chi connectivity index (χ4v) is 5.42. The first-order chi connectivity index (χ1) is 17.1. The summed E-state index contributed by atoms with van der Waals surface area (Å²) < 4.78 is 17.9. The molecule has 0 radical (unpaired) electrons. The molecule has 9 heteroatoms. The van der Waals surface area contributed by atoms with Crippen LogP contribution in [0.4, 0.5) is 0 Å². The zero-order valence-electron chi connectivity index (χ0n) is 23.8. The van der Waals surface area contributed by atoms with Crippen molar-refractivity contribution < 1.29 is 38.8 Å². The molecular formula is C28H47NO8. The Kier molecular flexibility index (Phi) is 11.0. The van der Waals surface area contributed by atoms with E-state index in [0.29, 0.717) is 19.3 Å². The molecule has 2 heterocycles. The Hall–Kier alpha value is -1.65. The maximum absolute atomic E-state index is 13.5. The predicted molar refractivity (Wildman–Crippen MR) is 139 cm³/mol. The molecule has 2 aliphatic rings. The van der Waals surface area contributed by atoms with E-state index in [9.17, 15) is 24.6 Å². The summed E-state index contributed by atoms with van der Waals surface area (Å²) in [5.41, 5.74) is -1.57. The van der Waals surface area contributed by atoms with E-state index in [-0.39, 0.29) is 29.6 Å². The number of ketones is 2. The van der Waals surface area contributed by atoms with E-state index in [1.54, 1.807) is 20.8 Å². The number of carbonyl (C=O) groups excluding carboxylic acids is 3. The van der Waals surface area contributed by atoms with Crippen LogP contribution in [0.15, 0.2) is 12.2 Å². The van der Waals surface area contributed by atoms with E-state index >= 15 is 0 Å². The topological polar surface area (TPSA) is 123 Å². The number of esters is 1. The SMILES string of the molecule is CC[C@H]1OC(=O)[C@H](C)C(=O)[C@H](C)[C@@H](O[C@H]2O[C@@H](C)C[C@@H](N(C)C)[C@@H]2O)[C@@H](C)C[C@@H](C)C(=O)/C=C/[C@]1(C)O. The van der Waals surface area contributed by atoms with Gasteiger partial charge >= 0.3 is 5.97 Å². The molecule has 0 unspecified atom stereocenters. The van der Waals surface area contributed by atoms with Gasteiger partial charge in [0.25, 0.3) is 0 Å². The number of aliphatic hydroxyl groups excluding tert-OH is 1. The first-order valence-electron chi connectivity index (χ1n) is 13.5. The smallest absolute Gasteiger partial charge is 0.316 e. The van der Waals surface area contributed by atoms with Crippen LogP contribution in [0.2, 0.25) is 0 Å². The Balaban J connectivity index is 2.44. The zero-order valence-corrected chi connectivity index (χ0v) is 23.8. The van der Waals surface area contributed by atoms with E-state index in [0.717, 1.165) is 0 Å². The molecule has 2 N–H and O–H groups in total. The second-order valence-corrected chi connectivity index (χ2v) is 11.5. The number of nitrogens with zero attached hydrogens (tertiary/aromatic N) is 1. The lowest BCUT2D eigenvalue weighted by Crippen LogP contribution is -2.56. The number of ether oxygens (including phenoxy) is 3. The third kappa shape index (κ3) is 7.69. The number of cyclic esters (lactones) is 1. The van der Waals surface area contributed by atoms with Crippen molar-refractivity contribution in [1.82, 2.24) is 4.90 Å². The minimum absolute atomic E-state index is 0.168. The molecule has 1 saturated heterocycles. The van der Waals surface area contributed by atoms with Gasteiger partial charge in [0, 0.05) is 17.9 Å². The van der Waals surface area contributed by atoms with Crippen LogP contribution >= 0.6 is 0 Å². The van der Waals surface area contributed by atoms with Crippen LogP contribution in [0.25, 0.3) is 0 Å². The Morgan fingerprint density at radius 1 is 1.11 bits per heavy atom. The second-order valence-electron chi connectivity index (χ2n) is 11.5. The van der Waals surface area contributed by atoms with Gasteiger partial charge in [-0.05, 0) is 72.2 Å². The van der Waals surface area contributed by atoms with Crippen molar-refractivity contribution in [3.05, 3.63) is 12.2 Å². The summed E-state index contributed by atoms with van der Waals surface area (Å²) >= 11 is 0. The summed E-state index contributed by atoms with van der Waals surface area (Å²) in [6.45, 7) is 12.0. The number of hydrogen-bond donors (Lipinski definition) is 2. The molecule has 0 aromatic carbocycles. The third-order valence-corrected chi connectivity index (χ3v) is 7.93. The minimum Gasteiger partial charge on any atom is -0.458 e. The average molecular weight is 526 g/mol. The van der Waals surface area contributed by atoms with Gasteiger partial charge in [0.1, 0.15) is 23.7 Å². The Bertz CT molecular complexity index is 840. The highest BCUT2D eigenvalue weighted by Gasteiger charge is 2.44. The molecule has 0 saturated carbocycles. The first kappa shape index (κ1) is 31.6. The Labute approximate surface area is 221 Å². The van der Waals surface area contributed by atoms with Crippen molar-refractivity contribution in [3.8, 4) is 0 Å². The van der Waals surface area contributed by atoms with Gasteiger partial charge in [-0.25, -0.2) is 0 Å². The van der Waals surface area contributed by atoms with Crippen molar-refractivity contribution in [1.29, 1.82) is 0 Å². The van der Waals surface area contributed by atoms with Crippen LogP contribution in [-0.4, -0.2) is 89.1 Å². The summed E-state index contributed by atoms with van der Waals surface area (Å²) in [5, 5.41) is 21.9. The van der Waals surface area contributed by atoms with Gasteiger partial charge in [0.15, 0.2) is 17.9 Å². The van der Waals surface area contributed by atoms with E-state index in [4.69, 9.17) is 14.2 Å². The third-order valence-electron chi connectivity index (χ3n) is 7.93. The highest BCUT2D eigenvalue weighted by molar-refractivity contribution is 6.00. The molecular weight excluding hydrogens is 478 g/mol. The van der Waals surface area contributed by atoms with E-state index in [2.05, 4.69) is 0 Å². The fraction of sp³-hybridized carbons (Fsp3) is 0.821. The number of likely N-dealkylation sites (N-methyl/N-ethyl adjacent to an activating group) is 1. The van der Waals surface area contributed by atoms with Gasteiger partial charge in [-0.3, -0.25) is 14.4 Å². The van der Waals surface area contributed by atoms with Crippen molar-refractivity contribution in [2.45, 2.75) is 110 Å². The van der Waals surface area contributed by atoms with Crippen molar-refractivity contribution in [3.63, 3.8) is 0 Å².